The van der Waals surface area contributed by atoms with Crippen LogP contribution >= 0.6 is 0 Å². The highest BCUT2D eigenvalue weighted by Gasteiger charge is 2.25. The van der Waals surface area contributed by atoms with E-state index in [9.17, 15) is 4.79 Å². The monoisotopic (exact) mass is 476 g/mol. The topological polar surface area (TPSA) is 122 Å². The van der Waals surface area contributed by atoms with Crippen LogP contribution < -0.4 is 15.8 Å². The standard InChI is InChI=1S/C28H24N6O2/c29-20(9-19-14-33-25-4-2-1-3-22(19)25)16-36-21-10-18(13-30-15-21)17-5-6-26-23(11-17)24(28(35)34-26)12-27-31-7-8-32-27/h1-8,10-15,20,33H,9,16,29H2,(H,31,32)(H,34,35)/t20-/m1/s1. The molecule has 0 bridgehead atoms. The summed E-state index contributed by atoms with van der Waals surface area (Å²) in [5.41, 5.74) is 12.6. The summed E-state index contributed by atoms with van der Waals surface area (Å²) >= 11 is 0. The lowest BCUT2D eigenvalue weighted by Crippen LogP contribution is -2.30. The molecule has 3 aromatic heterocycles. The summed E-state index contributed by atoms with van der Waals surface area (Å²) in [6.45, 7) is 0.364. The van der Waals surface area contributed by atoms with Crippen LogP contribution in [0.25, 0.3) is 33.7 Å². The summed E-state index contributed by atoms with van der Waals surface area (Å²) in [7, 11) is 0. The second kappa shape index (κ2) is 9.16. The number of hydrogen-bond donors (Lipinski definition) is 4. The van der Waals surface area contributed by atoms with Crippen molar-refractivity contribution in [2.45, 2.75) is 12.5 Å². The molecule has 8 heteroatoms. The number of nitrogens with two attached hydrogens (primary N) is 1. The minimum atomic E-state index is -0.167. The van der Waals surface area contributed by atoms with E-state index in [2.05, 4.69) is 37.4 Å². The van der Waals surface area contributed by atoms with E-state index >= 15 is 0 Å². The van der Waals surface area contributed by atoms with Gasteiger partial charge < -0.3 is 25.8 Å². The predicted molar refractivity (Wildman–Crippen MR) is 140 cm³/mol. The molecule has 5 N–H and O–H groups in total. The van der Waals surface area contributed by atoms with Gasteiger partial charge in [0, 0.05) is 58.5 Å². The van der Waals surface area contributed by atoms with E-state index in [-0.39, 0.29) is 11.9 Å². The third kappa shape index (κ3) is 4.25. The number of imidazole rings is 1. The number of fused-ring (bicyclic) bond motifs is 2. The van der Waals surface area contributed by atoms with E-state index in [0.29, 0.717) is 30.2 Å². The average molecular weight is 477 g/mol. The van der Waals surface area contributed by atoms with Crippen LogP contribution in [0.2, 0.25) is 0 Å². The fraction of sp³-hybridized carbons (Fsp3) is 0.107. The maximum absolute atomic E-state index is 12.5. The second-order valence-electron chi connectivity index (χ2n) is 8.79. The molecule has 0 saturated heterocycles. The number of H-pyrrole nitrogens is 2. The molecule has 6 rings (SSSR count). The van der Waals surface area contributed by atoms with E-state index in [1.807, 2.05) is 42.6 Å². The van der Waals surface area contributed by atoms with Crippen molar-refractivity contribution in [1.29, 1.82) is 0 Å². The third-order valence-corrected chi connectivity index (χ3v) is 6.27. The molecule has 1 aliphatic heterocycles. The van der Waals surface area contributed by atoms with Crippen LogP contribution in [-0.4, -0.2) is 38.5 Å². The van der Waals surface area contributed by atoms with E-state index in [1.165, 1.54) is 10.9 Å². The number of nitrogens with zero attached hydrogens (tertiary/aromatic N) is 2. The first-order valence-electron chi connectivity index (χ1n) is 11.7. The number of aromatic amines is 2. The number of benzene rings is 2. The van der Waals surface area contributed by atoms with Gasteiger partial charge in [0.25, 0.3) is 5.91 Å². The number of aromatic nitrogens is 4. The van der Waals surface area contributed by atoms with Gasteiger partial charge in [-0.2, -0.15) is 0 Å². The Kier molecular flexibility index (Phi) is 5.55. The van der Waals surface area contributed by atoms with Crippen LogP contribution in [0.5, 0.6) is 5.75 Å². The molecule has 2 aromatic carbocycles. The SMILES string of the molecule is N[C@@H](COc1cncc(-c2ccc3c(c2)C(=Cc2ncc[nH]2)C(=O)N3)c1)Cc1c[nH]c2ccccc12. The summed E-state index contributed by atoms with van der Waals surface area (Å²) in [4.78, 5) is 27.4. The normalized spacial score (nSPS) is 14.7. The number of hydrogen-bond acceptors (Lipinski definition) is 5. The summed E-state index contributed by atoms with van der Waals surface area (Å²) in [6.07, 6.45) is 11.3. The first kappa shape index (κ1) is 21.8. The van der Waals surface area contributed by atoms with Crippen molar-refractivity contribution in [3.05, 3.63) is 96.5 Å². The first-order chi connectivity index (χ1) is 17.6. The molecule has 4 heterocycles. The van der Waals surface area contributed by atoms with Gasteiger partial charge in [-0.15, -0.1) is 0 Å². The molecule has 0 saturated carbocycles. The summed E-state index contributed by atoms with van der Waals surface area (Å²) in [5.74, 6) is 1.11. The van der Waals surface area contributed by atoms with Gasteiger partial charge in [-0.3, -0.25) is 9.78 Å². The number of para-hydroxylation sites is 1. The van der Waals surface area contributed by atoms with Crippen molar-refractivity contribution in [2.24, 2.45) is 5.73 Å². The number of amides is 1. The molecule has 0 fully saturated rings. The summed E-state index contributed by atoms with van der Waals surface area (Å²) in [5, 5.41) is 4.09. The van der Waals surface area contributed by atoms with Crippen LogP contribution in [0.15, 0.2) is 79.5 Å². The lowest BCUT2D eigenvalue weighted by molar-refractivity contribution is -0.110. The quantitative estimate of drug-likeness (QED) is 0.260. The maximum Gasteiger partial charge on any atom is 0.256 e. The minimum absolute atomic E-state index is 0.155. The van der Waals surface area contributed by atoms with Crippen molar-refractivity contribution < 1.29 is 9.53 Å². The third-order valence-electron chi connectivity index (χ3n) is 6.27. The predicted octanol–water partition coefficient (Wildman–Crippen LogP) is 4.39. The van der Waals surface area contributed by atoms with Gasteiger partial charge in [-0.05, 0) is 47.9 Å². The van der Waals surface area contributed by atoms with Crippen LogP contribution in [0, 0.1) is 0 Å². The molecule has 36 heavy (non-hydrogen) atoms. The molecule has 8 nitrogen and oxygen atoms in total. The molecule has 0 spiro atoms. The Labute approximate surface area is 207 Å². The highest BCUT2D eigenvalue weighted by molar-refractivity contribution is 6.35. The van der Waals surface area contributed by atoms with E-state index in [1.54, 1.807) is 30.9 Å². The fourth-order valence-corrected chi connectivity index (χ4v) is 4.50. The van der Waals surface area contributed by atoms with Crippen LogP contribution in [-0.2, 0) is 11.2 Å². The number of anilines is 1. The van der Waals surface area contributed by atoms with Gasteiger partial charge in [-0.25, -0.2) is 4.98 Å². The highest BCUT2D eigenvalue weighted by Crippen LogP contribution is 2.36. The molecule has 1 atom stereocenters. The molecule has 0 aliphatic carbocycles. The Morgan fingerprint density at radius 2 is 1.97 bits per heavy atom. The van der Waals surface area contributed by atoms with Crippen molar-refractivity contribution in [3.63, 3.8) is 0 Å². The zero-order chi connectivity index (χ0) is 24.5. The van der Waals surface area contributed by atoms with Gasteiger partial charge in [-0.1, -0.05) is 24.3 Å². The number of nitrogens with one attached hydrogen (secondary N) is 3. The van der Waals surface area contributed by atoms with Crippen molar-refractivity contribution in [1.82, 2.24) is 19.9 Å². The number of pyridine rings is 1. The maximum atomic E-state index is 12.5. The van der Waals surface area contributed by atoms with Gasteiger partial charge >= 0.3 is 0 Å². The largest absolute Gasteiger partial charge is 0.490 e. The van der Waals surface area contributed by atoms with Gasteiger partial charge in [0.05, 0.1) is 11.8 Å². The Bertz CT molecular complexity index is 1580. The highest BCUT2D eigenvalue weighted by atomic mass is 16.5. The smallest absolute Gasteiger partial charge is 0.256 e. The Morgan fingerprint density at radius 3 is 2.86 bits per heavy atom. The summed E-state index contributed by atoms with van der Waals surface area (Å²) < 4.78 is 6.00. The first-order valence-corrected chi connectivity index (χ1v) is 11.7. The lowest BCUT2D eigenvalue weighted by Gasteiger charge is -2.13. The Balaban J connectivity index is 1.18. The fourth-order valence-electron chi connectivity index (χ4n) is 4.50. The average Bonchev–Trinajstić information content (AvgIpc) is 3.63. The van der Waals surface area contributed by atoms with Crippen molar-refractivity contribution in [3.8, 4) is 16.9 Å². The van der Waals surface area contributed by atoms with E-state index < -0.39 is 0 Å². The number of carbonyl (C=O) groups is 1. The van der Waals surface area contributed by atoms with Crippen molar-refractivity contribution in [2.75, 3.05) is 11.9 Å². The molecule has 5 aromatic rings. The molecule has 178 valence electrons. The number of carbonyl (C=O) groups excluding carboxylic acids is 1. The van der Waals surface area contributed by atoms with E-state index in [4.69, 9.17) is 10.5 Å². The molecular formula is C28H24N6O2. The number of ether oxygens (including phenoxy) is 1. The molecular weight excluding hydrogens is 452 g/mol. The summed E-state index contributed by atoms with van der Waals surface area (Å²) in [6, 6.07) is 15.8. The van der Waals surface area contributed by atoms with E-state index in [0.717, 1.165) is 27.9 Å². The lowest BCUT2D eigenvalue weighted by atomic mass is 10.00. The van der Waals surface area contributed by atoms with Crippen molar-refractivity contribution >= 4 is 34.1 Å². The molecule has 1 aliphatic rings. The molecule has 1 amide bonds. The van der Waals surface area contributed by atoms with Crippen LogP contribution in [0.3, 0.4) is 0 Å². The van der Waals surface area contributed by atoms with Gasteiger partial charge in [0.1, 0.15) is 18.2 Å². The Morgan fingerprint density at radius 1 is 1.06 bits per heavy atom. The van der Waals surface area contributed by atoms with Crippen LogP contribution in [0.1, 0.15) is 17.0 Å². The molecule has 0 unspecified atom stereocenters. The van der Waals surface area contributed by atoms with Crippen LogP contribution in [0.4, 0.5) is 5.69 Å². The molecule has 0 radical (unpaired) electrons. The Hall–Kier alpha value is -4.69. The second-order valence-corrected chi connectivity index (χ2v) is 8.79. The zero-order valence-electron chi connectivity index (χ0n) is 19.4. The minimum Gasteiger partial charge on any atom is -0.490 e. The zero-order valence-corrected chi connectivity index (χ0v) is 19.4. The number of rotatable bonds is 7. The van der Waals surface area contributed by atoms with Gasteiger partial charge in [0.15, 0.2) is 0 Å². The van der Waals surface area contributed by atoms with Gasteiger partial charge in [0.2, 0.25) is 0 Å².